The van der Waals surface area contributed by atoms with Gasteiger partial charge in [-0.1, -0.05) is 5.16 Å². The molecule has 0 amide bonds. The number of rotatable bonds is 2. The van der Waals surface area contributed by atoms with Gasteiger partial charge in [0.15, 0.2) is 0 Å². The van der Waals surface area contributed by atoms with Crippen molar-refractivity contribution in [3.05, 3.63) is 34.9 Å². The van der Waals surface area contributed by atoms with Gasteiger partial charge in [0.1, 0.15) is 6.10 Å². The molecule has 0 saturated carbocycles. The van der Waals surface area contributed by atoms with Gasteiger partial charge in [-0.15, -0.1) is 11.6 Å². The highest BCUT2D eigenvalue weighted by atomic mass is 35.5. The minimum atomic E-state index is -4.89. The molecule has 1 heterocycles. The summed E-state index contributed by atoms with van der Waals surface area (Å²) in [5.74, 6) is 0.0398. The van der Waals surface area contributed by atoms with Gasteiger partial charge in [-0.2, -0.15) is 26.3 Å². The van der Waals surface area contributed by atoms with Gasteiger partial charge in [-0.3, -0.25) is 0 Å². The van der Waals surface area contributed by atoms with E-state index >= 15 is 0 Å². The van der Waals surface area contributed by atoms with Crippen LogP contribution in [-0.4, -0.2) is 17.7 Å². The summed E-state index contributed by atoms with van der Waals surface area (Å²) in [6.45, 7) is 0. The summed E-state index contributed by atoms with van der Waals surface area (Å²) in [4.78, 5) is 4.81. The van der Waals surface area contributed by atoms with E-state index in [4.69, 9.17) is 16.4 Å². The average molecular weight is 332 g/mol. The Bertz CT molecular complexity index is 534. The Morgan fingerprint density at radius 3 is 1.95 bits per heavy atom. The second kappa shape index (κ2) is 5.40. The zero-order chi connectivity index (χ0) is 15.8. The molecule has 2 nitrogen and oxygen atoms in total. The van der Waals surface area contributed by atoms with E-state index in [1.807, 2.05) is 0 Å². The van der Waals surface area contributed by atoms with Crippen molar-refractivity contribution in [3.63, 3.8) is 0 Å². The highest BCUT2D eigenvalue weighted by molar-refractivity contribution is 6.18. The maximum Gasteiger partial charge on any atom is 0.416 e. The molecule has 2 rings (SSSR count). The third kappa shape index (κ3) is 3.61. The number of oxime groups is 1. The largest absolute Gasteiger partial charge is 0.416 e. The van der Waals surface area contributed by atoms with Crippen molar-refractivity contribution >= 4 is 17.3 Å². The van der Waals surface area contributed by atoms with Crippen molar-refractivity contribution in [1.82, 2.24) is 0 Å². The molecule has 1 aromatic carbocycles. The lowest BCUT2D eigenvalue weighted by molar-refractivity contribution is -0.143. The zero-order valence-corrected chi connectivity index (χ0v) is 11.0. The lowest BCUT2D eigenvalue weighted by Crippen LogP contribution is -2.14. The zero-order valence-electron chi connectivity index (χ0n) is 10.2. The molecule has 21 heavy (non-hydrogen) atoms. The van der Waals surface area contributed by atoms with Crippen molar-refractivity contribution in [1.29, 1.82) is 0 Å². The molecule has 1 unspecified atom stereocenters. The third-order valence-electron chi connectivity index (χ3n) is 2.83. The molecule has 0 aliphatic carbocycles. The quantitative estimate of drug-likeness (QED) is 0.579. The van der Waals surface area contributed by atoms with Gasteiger partial charge in [0.05, 0.1) is 22.7 Å². The highest BCUT2D eigenvalue weighted by Crippen LogP contribution is 2.37. The highest BCUT2D eigenvalue weighted by Gasteiger charge is 2.37. The van der Waals surface area contributed by atoms with Crippen molar-refractivity contribution in [2.24, 2.45) is 5.16 Å². The van der Waals surface area contributed by atoms with Crippen LogP contribution in [0, 0.1) is 0 Å². The van der Waals surface area contributed by atoms with Crippen LogP contribution >= 0.6 is 11.6 Å². The minimum absolute atomic E-state index is 0.0113. The Morgan fingerprint density at radius 2 is 1.57 bits per heavy atom. The summed E-state index contributed by atoms with van der Waals surface area (Å²) in [5.41, 5.74) is -3.03. The molecule has 0 radical (unpaired) electrons. The van der Waals surface area contributed by atoms with E-state index < -0.39 is 29.6 Å². The molecule has 1 aliphatic heterocycles. The van der Waals surface area contributed by atoms with E-state index in [0.29, 0.717) is 12.1 Å². The van der Waals surface area contributed by atoms with Gasteiger partial charge in [0.25, 0.3) is 0 Å². The number of nitrogens with zero attached hydrogens (tertiary/aromatic N) is 1. The molecule has 0 bridgehead atoms. The Hall–Kier alpha value is -1.44. The van der Waals surface area contributed by atoms with Crippen LogP contribution in [0.5, 0.6) is 0 Å². The fraction of sp³-hybridized carbons (Fsp3) is 0.417. The lowest BCUT2D eigenvalue weighted by Gasteiger charge is -2.13. The first-order valence-corrected chi connectivity index (χ1v) is 6.23. The van der Waals surface area contributed by atoms with Crippen molar-refractivity contribution in [3.8, 4) is 0 Å². The first-order valence-electron chi connectivity index (χ1n) is 5.70. The topological polar surface area (TPSA) is 21.6 Å². The maximum absolute atomic E-state index is 12.7. The smallest absolute Gasteiger partial charge is 0.391 e. The van der Waals surface area contributed by atoms with Crippen LogP contribution in [0.1, 0.15) is 23.1 Å². The predicted molar refractivity (Wildman–Crippen MR) is 63.2 cm³/mol. The molecule has 1 atom stereocenters. The van der Waals surface area contributed by atoms with E-state index in [9.17, 15) is 26.3 Å². The number of halogens is 7. The fourth-order valence-electron chi connectivity index (χ4n) is 1.80. The Balaban J connectivity index is 2.47. The molecule has 0 N–H and O–H groups in total. The molecule has 0 saturated heterocycles. The summed E-state index contributed by atoms with van der Waals surface area (Å²) < 4.78 is 76.2. The van der Waals surface area contributed by atoms with Gasteiger partial charge in [0, 0.05) is 12.0 Å². The fourth-order valence-corrected chi connectivity index (χ4v) is 1.97. The van der Waals surface area contributed by atoms with Crippen molar-refractivity contribution < 1.29 is 31.2 Å². The number of benzene rings is 1. The molecule has 1 aromatic rings. The molecule has 9 heteroatoms. The van der Waals surface area contributed by atoms with Gasteiger partial charge in [-0.05, 0) is 18.2 Å². The summed E-state index contributed by atoms with van der Waals surface area (Å²) in [6.07, 6.45) is -10.3. The van der Waals surface area contributed by atoms with E-state index in [0.717, 1.165) is 0 Å². The van der Waals surface area contributed by atoms with Crippen LogP contribution in [0.2, 0.25) is 0 Å². The van der Waals surface area contributed by atoms with Crippen LogP contribution in [-0.2, 0) is 17.2 Å². The standard InChI is InChI=1S/C12H8ClF6NO/c13-5-9-4-10(20-21-9)6-1-7(11(14,15)16)3-8(2-6)12(17,18)19/h1-3,9H,4-5H2. The second-order valence-corrected chi connectivity index (χ2v) is 4.73. The first kappa shape index (κ1) is 15.9. The summed E-state index contributed by atoms with van der Waals surface area (Å²) in [5, 5.41) is 3.50. The van der Waals surface area contributed by atoms with Crippen LogP contribution in [0.15, 0.2) is 23.4 Å². The SMILES string of the molecule is FC(F)(F)c1cc(C2=NOC(CCl)C2)cc(C(F)(F)F)c1. The van der Waals surface area contributed by atoms with Gasteiger partial charge in [-0.25, -0.2) is 0 Å². The van der Waals surface area contributed by atoms with Gasteiger partial charge in [0.2, 0.25) is 0 Å². The molecule has 0 aromatic heterocycles. The average Bonchev–Trinajstić information content (AvgIpc) is 2.85. The Morgan fingerprint density at radius 1 is 1.05 bits per heavy atom. The second-order valence-electron chi connectivity index (χ2n) is 4.42. The monoisotopic (exact) mass is 331 g/mol. The number of hydrogen-bond acceptors (Lipinski definition) is 2. The normalized spacial score (nSPS) is 19.4. The molecule has 0 fully saturated rings. The molecule has 1 aliphatic rings. The Labute approximate surface area is 120 Å². The van der Waals surface area contributed by atoms with Crippen LogP contribution in [0.3, 0.4) is 0 Å². The lowest BCUT2D eigenvalue weighted by atomic mass is 9.99. The predicted octanol–water partition coefficient (Wildman–Crippen LogP) is 4.46. The van der Waals surface area contributed by atoms with E-state index in [2.05, 4.69) is 5.16 Å². The molecule has 0 spiro atoms. The summed E-state index contributed by atoms with van der Waals surface area (Å²) in [7, 11) is 0. The Kier molecular flexibility index (Phi) is 4.10. The van der Waals surface area contributed by atoms with Crippen molar-refractivity contribution in [2.75, 3.05) is 5.88 Å². The minimum Gasteiger partial charge on any atom is -0.391 e. The van der Waals surface area contributed by atoms with Gasteiger partial charge < -0.3 is 4.84 Å². The first-order chi connectivity index (χ1) is 9.61. The number of alkyl halides is 7. The maximum atomic E-state index is 12.7. The third-order valence-corrected chi connectivity index (χ3v) is 3.17. The van der Waals surface area contributed by atoms with Gasteiger partial charge >= 0.3 is 12.4 Å². The molecular formula is C12H8ClF6NO. The molecular weight excluding hydrogens is 324 g/mol. The summed E-state index contributed by atoms with van der Waals surface area (Å²) >= 11 is 5.51. The van der Waals surface area contributed by atoms with Crippen molar-refractivity contribution in [2.45, 2.75) is 24.9 Å². The van der Waals surface area contributed by atoms with Crippen LogP contribution in [0.25, 0.3) is 0 Å². The number of hydrogen-bond donors (Lipinski definition) is 0. The summed E-state index contributed by atoms with van der Waals surface area (Å²) in [6, 6.07) is 1.31. The van der Waals surface area contributed by atoms with Crippen LogP contribution in [0.4, 0.5) is 26.3 Å². The van der Waals surface area contributed by atoms with E-state index in [1.165, 1.54) is 0 Å². The van der Waals surface area contributed by atoms with E-state index in [1.54, 1.807) is 0 Å². The molecule has 116 valence electrons. The van der Waals surface area contributed by atoms with E-state index in [-0.39, 0.29) is 29.6 Å². The van der Waals surface area contributed by atoms with Crippen LogP contribution < -0.4 is 0 Å².